The van der Waals surface area contributed by atoms with E-state index in [0.29, 0.717) is 19.4 Å². The number of hydrogen-bond acceptors (Lipinski definition) is 2. The fraction of sp³-hybridized carbons (Fsp3) is 0.588. The largest absolute Gasteiger partial charge is 0.389 e. The standard InChI is InChI=1S/C17H22FNO2/c1-12-15-10-14(18)5-4-13(15)6-9-19(12)16(20)11-17(21)7-2-3-8-17/h4-5,10,12,21H,2-3,6-9,11H2,1H3/t12-/m0/s1. The Hall–Kier alpha value is -1.42. The molecule has 2 aliphatic rings. The van der Waals surface area contributed by atoms with Crippen molar-refractivity contribution in [3.63, 3.8) is 0 Å². The minimum atomic E-state index is -0.820. The van der Waals surface area contributed by atoms with E-state index in [9.17, 15) is 14.3 Å². The average Bonchev–Trinajstić information content (AvgIpc) is 2.86. The number of carbonyl (C=O) groups is 1. The molecule has 1 atom stereocenters. The van der Waals surface area contributed by atoms with Crippen LogP contribution in [0.25, 0.3) is 0 Å². The minimum Gasteiger partial charge on any atom is -0.389 e. The number of hydrogen-bond donors (Lipinski definition) is 1. The zero-order valence-electron chi connectivity index (χ0n) is 12.4. The molecule has 0 unspecified atom stereocenters. The maximum Gasteiger partial charge on any atom is 0.225 e. The van der Waals surface area contributed by atoms with Crippen molar-refractivity contribution in [2.45, 2.75) is 57.1 Å². The van der Waals surface area contributed by atoms with Crippen molar-refractivity contribution in [1.29, 1.82) is 0 Å². The smallest absolute Gasteiger partial charge is 0.225 e. The molecule has 21 heavy (non-hydrogen) atoms. The quantitative estimate of drug-likeness (QED) is 0.910. The molecule has 1 aliphatic carbocycles. The SMILES string of the molecule is C[C@H]1c2cc(F)ccc2CCN1C(=O)CC1(O)CCCC1. The summed E-state index contributed by atoms with van der Waals surface area (Å²) in [4.78, 5) is 14.3. The summed E-state index contributed by atoms with van der Waals surface area (Å²) in [5.74, 6) is -0.272. The Balaban J connectivity index is 1.76. The summed E-state index contributed by atoms with van der Waals surface area (Å²) >= 11 is 0. The predicted octanol–water partition coefficient (Wildman–Crippen LogP) is 2.97. The summed E-state index contributed by atoms with van der Waals surface area (Å²) < 4.78 is 13.4. The third-order valence-corrected chi connectivity index (χ3v) is 4.98. The number of rotatable bonds is 2. The first-order chi connectivity index (χ1) is 9.98. The summed E-state index contributed by atoms with van der Waals surface area (Å²) in [6.07, 6.45) is 4.37. The molecule has 1 fully saturated rings. The van der Waals surface area contributed by atoms with Crippen molar-refractivity contribution in [3.05, 3.63) is 35.1 Å². The topological polar surface area (TPSA) is 40.5 Å². The molecule has 4 heteroatoms. The van der Waals surface area contributed by atoms with Crippen LogP contribution in [-0.4, -0.2) is 28.1 Å². The van der Waals surface area contributed by atoms with E-state index in [1.807, 2.05) is 13.0 Å². The van der Waals surface area contributed by atoms with Gasteiger partial charge in [-0.15, -0.1) is 0 Å². The number of nitrogens with zero attached hydrogens (tertiary/aromatic N) is 1. The van der Waals surface area contributed by atoms with Crippen LogP contribution < -0.4 is 0 Å². The van der Waals surface area contributed by atoms with Gasteiger partial charge in [0.25, 0.3) is 0 Å². The zero-order chi connectivity index (χ0) is 15.0. The van der Waals surface area contributed by atoms with E-state index in [2.05, 4.69) is 0 Å². The molecule has 1 aromatic rings. The van der Waals surface area contributed by atoms with E-state index in [1.54, 1.807) is 4.90 Å². The van der Waals surface area contributed by atoms with Gasteiger partial charge in [-0.3, -0.25) is 4.79 Å². The van der Waals surface area contributed by atoms with E-state index in [-0.39, 0.29) is 24.2 Å². The Kier molecular flexibility index (Phi) is 3.74. The molecule has 0 bridgehead atoms. The lowest BCUT2D eigenvalue weighted by atomic mass is 9.91. The molecular weight excluding hydrogens is 269 g/mol. The van der Waals surface area contributed by atoms with Crippen molar-refractivity contribution in [2.75, 3.05) is 6.54 Å². The second kappa shape index (κ2) is 5.41. The maximum absolute atomic E-state index is 13.4. The average molecular weight is 291 g/mol. The van der Waals surface area contributed by atoms with Gasteiger partial charge in [-0.05, 0) is 49.4 Å². The molecule has 0 radical (unpaired) electrons. The first-order valence-electron chi connectivity index (χ1n) is 7.79. The Morgan fingerprint density at radius 3 is 2.86 bits per heavy atom. The number of aliphatic hydroxyl groups is 1. The maximum atomic E-state index is 13.4. The van der Waals surface area contributed by atoms with Crippen molar-refractivity contribution < 1.29 is 14.3 Å². The monoisotopic (exact) mass is 291 g/mol. The van der Waals surface area contributed by atoms with Gasteiger partial charge in [-0.2, -0.15) is 0 Å². The van der Waals surface area contributed by atoms with Crippen LogP contribution >= 0.6 is 0 Å². The molecule has 1 aliphatic heterocycles. The highest BCUT2D eigenvalue weighted by Gasteiger charge is 2.37. The molecule has 1 aromatic carbocycles. The Labute approximate surface area is 124 Å². The molecule has 1 saturated carbocycles. The van der Waals surface area contributed by atoms with Gasteiger partial charge in [0, 0.05) is 6.54 Å². The van der Waals surface area contributed by atoms with Crippen molar-refractivity contribution in [3.8, 4) is 0 Å². The lowest BCUT2D eigenvalue weighted by Gasteiger charge is -2.37. The van der Waals surface area contributed by atoms with Crippen LogP contribution in [0.15, 0.2) is 18.2 Å². The number of carbonyl (C=O) groups excluding carboxylic acids is 1. The van der Waals surface area contributed by atoms with Gasteiger partial charge in [0.15, 0.2) is 0 Å². The van der Waals surface area contributed by atoms with Gasteiger partial charge in [-0.1, -0.05) is 18.9 Å². The highest BCUT2D eigenvalue weighted by Crippen LogP contribution is 2.35. The van der Waals surface area contributed by atoms with Gasteiger partial charge in [0.1, 0.15) is 5.82 Å². The first kappa shape index (κ1) is 14.5. The molecule has 3 nitrogen and oxygen atoms in total. The number of halogens is 1. The van der Waals surface area contributed by atoms with Crippen LogP contribution in [0.4, 0.5) is 4.39 Å². The molecule has 0 saturated heterocycles. The summed E-state index contributed by atoms with van der Waals surface area (Å²) in [5.41, 5.74) is 1.19. The molecule has 1 N–H and O–H groups in total. The van der Waals surface area contributed by atoms with E-state index in [1.165, 1.54) is 12.1 Å². The molecular formula is C17H22FNO2. The predicted molar refractivity (Wildman–Crippen MR) is 78.3 cm³/mol. The van der Waals surface area contributed by atoms with E-state index in [4.69, 9.17) is 0 Å². The van der Waals surface area contributed by atoms with Crippen LogP contribution in [0, 0.1) is 5.82 Å². The Bertz CT molecular complexity index is 552. The van der Waals surface area contributed by atoms with Crippen molar-refractivity contribution in [1.82, 2.24) is 4.90 Å². The lowest BCUT2D eigenvalue weighted by molar-refractivity contribution is -0.138. The van der Waals surface area contributed by atoms with Crippen molar-refractivity contribution >= 4 is 5.91 Å². The number of amides is 1. The van der Waals surface area contributed by atoms with Crippen LogP contribution in [0.5, 0.6) is 0 Å². The molecule has 0 spiro atoms. The van der Waals surface area contributed by atoms with Gasteiger partial charge >= 0.3 is 0 Å². The summed E-state index contributed by atoms with van der Waals surface area (Å²) in [5, 5.41) is 10.4. The third kappa shape index (κ3) is 2.82. The highest BCUT2D eigenvalue weighted by atomic mass is 19.1. The van der Waals surface area contributed by atoms with Gasteiger partial charge in [-0.25, -0.2) is 4.39 Å². The Morgan fingerprint density at radius 1 is 1.43 bits per heavy atom. The summed E-state index contributed by atoms with van der Waals surface area (Å²) in [6.45, 7) is 2.59. The second-order valence-electron chi connectivity index (χ2n) is 6.46. The summed E-state index contributed by atoms with van der Waals surface area (Å²) in [6, 6.07) is 4.70. The molecule has 3 rings (SSSR count). The van der Waals surface area contributed by atoms with Crippen molar-refractivity contribution in [2.24, 2.45) is 0 Å². The van der Waals surface area contributed by atoms with Gasteiger partial charge in [0.05, 0.1) is 18.1 Å². The molecule has 1 heterocycles. The fourth-order valence-corrected chi connectivity index (χ4v) is 3.72. The Morgan fingerprint density at radius 2 is 2.14 bits per heavy atom. The highest BCUT2D eigenvalue weighted by molar-refractivity contribution is 5.78. The van der Waals surface area contributed by atoms with Crippen LogP contribution in [-0.2, 0) is 11.2 Å². The van der Waals surface area contributed by atoms with Crippen LogP contribution in [0.2, 0.25) is 0 Å². The van der Waals surface area contributed by atoms with E-state index in [0.717, 1.165) is 30.4 Å². The normalized spacial score (nSPS) is 24.0. The van der Waals surface area contributed by atoms with Crippen LogP contribution in [0.1, 0.15) is 56.2 Å². The van der Waals surface area contributed by atoms with E-state index < -0.39 is 5.60 Å². The number of benzene rings is 1. The fourth-order valence-electron chi connectivity index (χ4n) is 3.72. The van der Waals surface area contributed by atoms with E-state index >= 15 is 0 Å². The van der Waals surface area contributed by atoms with Gasteiger partial charge in [0.2, 0.25) is 5.91 Å². The first-order valence-corrected chi connectivity index (χ1v) is 7.79. The lowest BCUT2D eigenvalue weighted by Crippen LogP contribution is -2.42. The third-order valence-electron chi connectivity index (χ3n) is 4.98. The van der Waals surface area contributed by atoms with Crippen LogP contribution in [0.3, 0.4) is 0 Å². The number of fused-ring (bicyclic) bond motifs is 1. The molecule has 0 aromatic heterocycles. The van der Waals surface area contributed by atoms with Gasteiger partial charge < -0.3 is 10.0 Å². The molecule has 114 valence electrons. The minimum absolute atomic E-state index is 0.0122. The zero-order valence-corrected chi connectivity index (χ0v) is 12.4. The molecule has 1 amide bonds. The second-order valence-corrected chi connectivity index (χ2v) is 6.46. The summed E-state index contributed by atoms with van der Waals surface area (Å²) in [7, 11) is 0.